The average molecular weight is 380 g/mol. The molecule has 0 radical (unpaired) electrons. The number of rotatable bonds is 5. The van der Waals surface area contributed by atoms with E-state index in [1.54, 1.807) is 0 Å². The highest BCUT2D eigenvalue weighted by atomic mass is 35.5. The van der Waals surface area contributed by atoms with Crippen LogP contribution in [-0.4, -0.2) is 37.5 Å². The molecule has 0 aromatic heterocycles. The van der Waals surface area contributed by atoms with Gasteiger partial charge in [-0.2, -0.15) is 0 Å². The Kier molecular flexibility index (Phi) is 7.47. The molecule has 3 rings (SSSR count). The van der Waals surface area contributed by atoms with Gasteiger partial charge in [-0.3, -0.25) is 9.59 Å². The second kappa shape index (κ2) is 9.38. The number of hydrogen-bond donors (Lipinski definition) is 2. The zero-order valence-electron chi connectivity index (χ0n) is 15.7. The molecule has 1 aromatic rings. The van der Waals surface area contributed by atoms with Crippen LogP contribution < -0.4 is 15.5 Å². The number of benzene rings is 1. The van der Waals surface area contributed by atoms with Crippen LogP contribution in [0, 0.1) is 5.92 Å². The predicted octanol–water partition coefficient (Wildman–Crippen LogP) is 2.84. The van der Waals surface area contributed by atoms with Gasteiger partial charge in [-0.05, 0) is 43.4 Å². The van der Waals surface area contributed by atoms with Crippen molar-refractivity contribution in [1.29, 1.82) is 0 Å². The summed E-state index contributed by atoms with van der Waals surface area (Å²) in [7, 11) is 0. The van der Waals surface area contributed by atoms with E-state index in [0.717, 1.165) is 38.0 Å². The van der Waals surface area contributed by atoms with Gasteiger partial charge in [0.2, 0.25) is 11.8 Å². The number of carbonyl (C=O) groups excluding carboxylic acids is 2. The van der Waals surface area contributed by atoms with Crippen molar-refractivity contribution in [2.24, 2.45) is 5.92 Å². The summed E-state index contributed by atoms with van der Waals surface area (Å²) in [6.07, 6.45) is 3.43. The number of nitrogens with zero attached hydrogens (tertiary/aromatic N) is 1. The van der Waals surface area contributed by atoms with Crippen LogP contribution in [0.3, 0.4) is 0 Å². The molecule has 144 valence electrons. The van der Waals surface area contributed by atoms with Gasteiger partial charge in [-0.25, -0.2) is 0 Å². The Morgan fingerprint density at radius 3 is 2.85 bits per heavy atom. The van der Waals surface area contributed by atoms with Crippen LogP contribution in [0.15, 0.2) is 24.3 Å². The Hall–Kier alpha value is -1.59. The van der Waals surface area contributed by atoms with Crippen LogP contribution in [0.1, 0.15) is 51.0 Å². The maximum absolute atomic E-state index is 12.6. The first kappa shape index (κ1) is 20.7. The SMILES string of the molecule is CCC(C)c1ccccc1N1CC(C(=O)N[C@H]2CCCNC2)CC1=O.Cl. The van der Waals surface area contributed by atoms with E-state index >= 15 is 0 Å². The third-order valence-electron chi connectivity index (χ3n) is 5.51. The van der Waals surface area contributed by atoms with Crippen LogP contribution in [0.5, 0.6) is 0 Å². The minimum Gasteiger partial charge on any atom is -0.352 e. The van der Waals surface area contributed by atoms with Crippen molar-refractivity contribution >= 4 is 29.9 Å². The lowest BCUT2D eigenvalue weighted by Gasteiger charge is -2.25. The third kappa shape index (κ3) is 4.57. The fraction of sp³-hybridized carbons (Fsp3) is 0.600. The molecular formula is C20H30ClN3O2. The molecule has 6 heteroatoms. The number of halogens is 1. The van der Waals surface area contributed by atoms with Gasteiger partial charge >= 0.3 is 0 Å². The molecule has 0 aliphatic carbocycles. The van der Waals surface area contributed by atoms with E-state index in [1.165, 1.54) is 5.56 Å². The number of amides is 2. The smallest absolute Gasteiger partial charge is 0.227 e. The molecule has 0 bridgehead atoms. The molecule has 2 aliphatic heterocycles. The number of piperidine rings is 1. The Balaban J connectivity index is 0.00000243. The second-order valence-electron chi connectivity index (χ2n) is 7.33. The molecular weight excluding hydrogens is 350 g/mol. The van der Waals surface area contributed by atoms with Crippen molar-refractivity contribution in [2.45, 2.75) is 51.5 Å². The minimum atomic E-state index is -0.251. The summed E-state index contributed by atoms with van der Waals surface area (Å²) in [6.45, 7) is 6.67. The highest BCUT2D eigenvalue weighted by molar-refractivity contribution is 6.01. The van der Waals surface area contributed by atoms with Crippen LogP contribution in [0.25, 0.3) is 0 Å². The molecule has 2 amide bonds. The number of carbonyl (C=O) groups is 2. The second-order valence-corrected chi connectivity index (χ2v) is 7.33. The van der Waals surface area contributed by atoms with Gasteiger partial charge in [0, 0.05) is 31.2 Å². The summed E-state index contributed by atoms with van der Waals surface area (Å²) in [6, 6.07) is 8.28. The minimum absolute atomic E-state index is 0. The van der Waals surface area contributed by atoms with E-state index in [1.807, 2.05) is 23.1 Å². The van der Waals surface area contributed by atoms with E-state index < -0.39 is 0 Å². The molecule has 2 aliphatic rings. The first-order chi connectivity index (χ1) is 12.1. The van der Waals surface area contributed by atoms with E-state index in [0.29, 0.717) is 18.9 Å². The molecule has 1 aromatic carbocycles. The van der Waals surface area contributed by atoms with Crippen molar-refractivity contribution in [3.05, 3.63) is 29.8 Å². The number of nitrogens with one attached hydrogen (secondary N) is 2. The molecule has 2 N–H and O–H groups in total. The summed E-state index contributed by atoms with van der Waals surface area (Å²) in [5.74, 6) is 0.216. The first-order valence-corrected chi connectivity index (χ1v) is 9.50. The largest absolute Gasteiger partial charge is 0.352 e. The monoisotopic (exact) mass is 379 g/mol. The van der Waals surface area contributed by atoms with Gasteiger partial charge in [-0.15, -0.1) is 12.4 Å². The Bertz CT molecular complexity index is 631. The fourth-order valence-electron chi connectivity index (χ4n) is 3.78. The lowest BCUT2D eigenvalue weighted by Crippen LogP contribution is -2.47. The summed E-state index contributed by atoms with van der Waals surface area (Å²) < 4.78 is 0. The van der Waals surface area contributed by atoms with Gasteiger partial charge < -0.3 is 15.5 Å². The number of hydrogen-bond acceptors (Lipinski definition) is 3. The van der Waals surface area contributed by atoms with Gasteiger partial charge in [0.25, 0.3) is 0 Å². The van der Waals surface area contributed by atoms with E-state index in [2.05, 4.69) is 30.5 Å². The Morgan fingerprint density at radius 2 is 2.15 bits per heavy atom. The standard InChI is InChI=1S/C20H29N3O2.ClH/c1-3-14(2)17-8-4-5-9-18(17)23-13-15(11-19(23)24)20(25)22-16-7-6-10-21-12-16;/h4-5,8-9,14-16,21H,3,6-7,10-13H2,1-2H3,(H,22,25);1H/t14?,15?,16-;/m0./s1. The van der Waals surface area contributed by atoms with Crippen LogP contribution in [0.2, 0.25) is 0 Å². The summed E-state index contributed by atoms with van der Waals surface area (Å²) in [4.78, 5) is 27.0. The Labute approximate surface area is 162 Å². The quantitative estimate of drug-likeness (QED) is 0.826. The predicted molar refractivity (Wildman–Crippen MR) is 107 cm³/mol. The van der Waals surface area contributed by atoms with Crippen molar-refractivity contribution < 1.29 is 9.59 Å². The molecule has 2 saturated heterocycles. The molecule has 0 spiro atoms. The van der Waals surface area contributed by atoms with E-state index in [-0.39, 0.29) is 36.2 Å². The van der Waals surface area contributed by atoms with E-state index in [4.69, 9.17) is 0 Å². The summed E-state index contributed by atoms with van der Waals surface area (Å²) >= 11 is 0. The highest BCUT2D eigenvalue weighted by Crippen LogP contribution is 2.33. The van der Waals surface area contributed by atoms with Crippen molar-refractivity contribution in [3.8, 4) is 0 Å². The normalized spacial score (nSPS) is 24.1. The number of anilines is 1. The average Bonchev–Trinajstić information content (AvgIpc) is 3.03. The molecule has 5 nitrogen and oxygen atoms in total. The molecule has 2 fully saturated rings. The van der Waals surface area contributed by atoms with Crippen molar-refractivity contribution in [3.63, 3.8) is 0 Å². The maximum atomic E-state index is 12.6. The summed E-state index contributed by atoms with van der Waals surface area (Å²) in [5.41, 5.74) is 2.16. The first-order valence-electron chi connectivity index (χ1n) is 9.50. The highest BCUT2D eigenvalue weighted by Gasteiger charge is 2.36. The zero-order valence-corrected chi connectivity index (χ0v) is 16.5. The van der Waals surface area contributed by atoms with Gasteiger partial charge in [0.05, 0.1) is 5.92 Å². The summed E-state index contributed by atoms with van der Waals surface area (Å²) in [5, 5.41) is 6.43. The maximum Gasteiger partial charge on any atom is 0.227 e. The molecule has 3 atom stereocenters. The topological polar surface area (TPSA) is 61.4 Å². The lowest BCUT2D eigenvalue weighted by atomic mass is 9.96. The van der Waals surface area contributed by atoms with Crippen LogP contribution in [0.4, 0.5) is 5.69 Å². The van der Waals surface area contributed by atoms with E-state index in [9.17, 15) is 9.59 Å². The molecule has 0 saturated carbocycles. The zero-order chi connectivity index (χ0) is 17.8. The molecule has 2 heterocycles. The van der Waals surface area contributed by atoms with Gasteiger partial charge in [-0.1, -0.05) is 32.0 Å². The molecule has 26 heavy (non-hydrogen) atoms. The van der Waals surface area contributed by atoms with Crippen LogP contribution in [-0.2, 0) is 9.59 Å². The fourth-order valence-corrected chi connectivity index (χ4v) is 3.78. The van der Waals surface area contributed by atoms with Gasteiger partial charge in [0.1, 0.15) is 0 Å². The lowest BCUT2D eigenvalue weighted by molar-refractivity contribution is -0.127. The van der Waals surface area contributed by atoms with Crippen LogP contribution >= 0.6 is 12.4 Å². The number of para-hydroxylation sites is 1. The third-order valence-corrected chi connectivity index (χ3v) is 5.51. The molecule has 2 unspecified atom stereocenters. The van der Waals surface area contributed by atoms with Gasteiger partial charge in [0.15, 0.2) is 0 Å². The Morgan fingerprint density at radius 1 is 1.38 bits per heavy atom. The van der Waals surface area contributed by atoms with Crippen molar-refractivity contribution in [1.82, 2.24) is 10.6 Å². The van der Waals surface area contributed by atoms with Crippen molar-refractivity contribution in [2.75, 3.05) is 24.5 Å².